The van der Waals surface area contributed by atoms with Gasteiger partial charge in [0, 0.05) is 24.9 Å². The molecule has 0 radical (unpaired) electrons. The van der Waals surface area contributed by atoms with Gasteiger partial charge in [0.05, 0.1) is 0 Å². The normalized spacial score (nSPS) is 21.5. The molecule has 168 valence electrons. The molecular formula is C23H20FN4O5+. The zero-order valence-corrected chi connectivity index (χ0v) is 17.6. The second-order valence-electron chi connectivity index (χ2n) is 8.09. The van der Waals surface area contributed by atoms with Gasteiger partial charge >= 0.3 is 5.91 Å². The third kappa shape index (κ3) is 3.63. The van der Waals surface area contributed by atoms with Crippen molar-refractivity contribution in [2.24, 2.45) is 4.99 Å². The molecule has 0 spiro atoms. The van der Waals surface area contributed by atoms with E-state index in [0.29, 0.717) is 12.0 Å². The number of hydrogen-bond donors (Lipinski definition) is 3. The summed E-state index contributed by atoms with van der Waals surface area (Å²) in [6, 6.07) is 5.95. The lowest BCUT2D eigenvalue weighted by molar-refractivity contribution is -0.385. The zero-order chi connectivity index (χ0) is 23.3. The summed E-state index contributed by atoms with van der Waals surface area (Å²) < 4.78 is 20.5. The summed E-state index contributed by atoms with van der Waals surface area (Å²) in [6.45, 7) is 0. The number of halogens is 1. The molecule has 4 aliphatic rings. The van der Waals surface area contributed by atoms with Gasteiger partial charge in [-0.2, -0.15) is 0 Å². The lowest BCUT2D eigenvalue weighted by Crippen LogP contribution is -2.52. The summed E-state index contributed by atoms with van der Waals surface area (Å²) in [4.78, 5) is 42.5. The fourth-order valence-electron chi connectivity index (χ4n) is 3.89. The van der Waals surface area contributed by atoms with Crippen LogP contribution in [0.2, 0.25) is 0 Å². The number of ether oxygens (including phenoxy) is 1. The standard InChI is InChI=1S/C23H19FN4O5/c1-25-22(31)16-19(29)17-18-20(12(9-26-17)8-11-2-4-13(24)5-3-11)33-15(10-28(18)23(16)32)21(30)27-14-6-7-14/h2-5,9-10,14,20H,6-8H2,1H3,(H2-,25,27,29,30,31,32)/p+1. The van der Waals surface area contributed by atoms with E-state index in [1.807, 2.05) is 0 Å². The van der Waals surface area contributed by atoms with Crippen molar-refractivity contribution >= 4 is 29.1 Å². The molecule has 3 aliphatic heterocycles. The molecule has 1 unspecified atom stereocenters. The Morgan fingerprint density at radius 3 is 2.64 bits per heavy atom. The van der Waals surface area contributed by atoms with Crippen LogP contribution in [0.5, 0.6) is 0 Å². The van der Waals surface area contributed by atoms with E-state index in [1.54, 1.807) is 12.1 Å². The molecule has 33 heavy (non-hydrogen) atoms. The van der Waals surface area contributed by atoms with E-state index in [2.05, 4.69) is 15.6 Å². The lowest BCUT2D eigenvalue weighted by Gasteiger charge is -2.29. The van der Waals surface area contributed by atoms with Gasteiger partial charge in [-0.3, -0.25) is 9.59 Å². The number of carbonyl (C=O) groups is 3. The number of aliphatic hydroxyl groups is 1. The van der Waals surface area contributed by atoms with Crippen LogP contribution in [-0.2, 0) is 25.5 Å². The summed E-state index contributed by atoms with van der Waals surface area (Å²) >= 11 is 0. The van der Waals surface area contributed by atoms with Crippen LogP contribution in [0.3, 0.4) is 0 Å². The number of hydrogen-bond acceptors (Lipinski definition) is 6. The number of amides is 3. The predicted octanol–water partition coefficient (Wildman–Crippen LogP) is 0.777. The smallest absolute Gasteiger partial charge is 0.434 e. The molecule has 0 aromatic heterocycles. The topological polar surface area (TPSA) is 120 Å². The summed E-state index contributed by atoms with van der Waals surface area (Å²) in [5.41, 5.74) is 1.11. The van der Waals surface area contributed by atoms with Gasteiger partial charge in [0.1, 0.15) is 5.82 Å². The molecule has 1 aromatic rings. The van der Waals surface area contributed by atoms with E-state index in [9.17, 15) is 23.9 Å². The van der Waals surface area contributed by atoms with Crippen molar-refractivity contribution in [1.82, 2.24) is 10.6 Å². The Bertz CT molecular complexity index is 1250. The summed E-state index contributed by atoms with van der Waals surface area (Å²) in [7, 11) is 1.34. The first-order valence-electron chi connectivity index (χ1n) is 10.4. The Labute approximate surface area is 187 Å². The highest BCUT2D eigenvalue weighted by Crippen LogP contribution is 2.31. The number of benzene rings is 1. The molecule has 1 atom stereocenters. The highest BCUT2D eigenvalue weighted by molar-refractivity contribution is 6.52. The van der Waals surface area contributed by atoms with Gasteiger partial charge in [-0.05, 0) is 37.0 Å². The molecule has 1 aromatic carbocycles. The fourth-order valence-corrected chi connectivity index (χ4v) is 3.89. The van der Waals surface area contributed by atoms with Gasteiger partial charge in [0.2, 0.25) is 12.3 Å². The summed E-state index contributed by atoms with van der Waals surface area (Å²) in [5.74, 6) is -3.07. The lowest BCUT2D eigenvalue weighted by atomic mass is 9.89. The third-order valence-electron chi connectivity index (χ3n) is 5.74. The van der Waals surface area contributed by atoms with E-state index in [1.165, 1.54) is 31.6 Å². The first kappa shape index (κ1) is 20.8. The Balaban J connectivity index is 1.60. The van der Waals surface area contributed by atoms with Crippen LogP contribution in [0.25, 0.3) is 0 Å². The number of nitrogens with zero attached hydrogens (tertiary/aromatic N) is 2. The maximum Gasteiger partial charge on any atom is 0.434 e. The van der Waals surface area contributed by atoms with Crippen LogP contribution in [-0.4, -0.2) is 58.0 Å². The van der Waals surface area contributed by atoms with E-state index in [0.717, 1.165) is 23.0 Å². The van der Waals surface area contributed by atoms with E-state index < -0.39 is 35.2 Å². The third-order valence-corrected chi connectivity index (χ3v) is 5.74. The molecule has 0 saturated heterocycles. The Morgan fingerprint density at radius 2 is 1.97 bits per heavy atom. The number of likely N-dealkylation sites (N-methyl/N-ethyl adjacent to an activating group) is 1. The SMILES string of the molecule is CNC(=O)C1=C(O)C2=NC=C(Cc3ccc(F)cc3)C3OC(C(=O)NC4CC4)=C[N+](=C23)C1=O. The molecule has 0 bridgehead atoms. The van der Waals surface area contributed by atoms with Crippen molar-refractivity contribution in [2.75, 3.05) is 7.05 Å². The van der Waals surface area contributed by atoms with Gasteiger partial charge in [0.25, 0.3) is 23.3 Å². The molecule has 3 heterocycles. The van der Waals surface area contributed by atoms with E-state index in [-0.39, 0.29) is 29.0 Å². The molecular weight excluding hydrogens is 431 g/mol. The molecule has 3 amide bonds. The van der Waals surface area contributed by atoms with E-state index in [4.69, 9.17) is 4.74 Å². The van der Waals surface area contributed by atoms with Crippen LogP contribution < -0.4 is 10.6 Å². The fraction of sp³-hybridized carbons (Fsp3) is 0.261. The quantitative estimate of drug-likeness (QED) is 0.451. The minimum atomic E-state index is -0.912. The Morgan fingerprint density at radius 1 is 1.24 bits per heavy atom. The highest BCUT2D eigenvalue weighted by atomic mass is 19.1. The van der Waals surface area contributed by atoms with E-state index >= 15 is 0 Å². The van der Waals surface area contributed by atoms with Crippen LogP contribution in [0, 0.1) is 5.82 Å². The molecule has 3 N–H and O–H groups in total. The highest BCUT2D eigenvalue weighted by Gasteiger charge is 2.52. The second kappa shape index (κ2) is 7.80. The van der Waals surface area contributed by atoms with Crippen molar-refractivity contribution in [1.29, 1.82) is 0 Å². The minimum Gasteiger partial charge on any atom is -0.504 e. The molecule has 1 fully saturated rings. The molecule has 9 nitrogen and oxygen atoms in total. The summed E-state index contributed by atoms with van der Waals surface area (Å²) in [5, 5.41) is 15.8. The van der Waals surface area contributed by atoms with Gasteiger partial charge < -0.3 is 20.5 Å². The number of rotatable bonds is 5. The molecule has 5 rings (SSSR count). The first-order valence-corrected chi connectivity index (χ1v) is 10.4. The van der Waals surface area contributed by atoms with Gasteiger partial charge in [-0.1, -0.05) is 12.1 Å². The first-order chi connectivity index (χ1) is 15.9. The number of nitrogens with one attached hydrogen (secondary N) is 2. The van der Waals surface area contributed by atoms with Crippen LogP contribution in [0.4, 0.5) is 4.39 Å². The molecule has 1 aliphatic carbocycles. The number of carbonyl (C=O) groups excluding carboxylic acids is 3. The van der Waals surface area contributed by atoms with Crippen LogP contribution in [0.15, 0.2) is 64.3 Å². The number of aliphatic imine (C=N–C) groups is 1. The number of allylic oxidation sites excluding steroid dienone is 1. The van der Waals surface area contributed by atoms with Crippen molar-refractivity contribution in [3.63, 3.8) is 0 Å². The Hall–Kier alpha value is -4.08. The average Bonchev–Trinajstić information content (AvgIpc) is 3.63. The Kier molecular flexibility index (Phi) is 4.92. The maximum atomic E-state index is 13.3. The van der Waals surface area contributed by atoms with Crippen LogP contribution >= 0.6 is 0 Å². The van der Waals surface area contributed by atoms with Crippen molar-refractivity contribution in [2.45, 2.75) is 31.4 Å². The van der Waals surface area contributed by atoms with Crippen molar-refractivity contribution < 1.29 is 33.2 Å². The zero-order valence-electron chi connectivity index (χ0n) is 17.6. The minimum absolute atomic E-state index is 0.0129. The monoisotopic (exact) mass is 451 g/mol. The second-order valence-corrected chi connectivity index (χ2v) is 8.09. The largest absolute Gasteiger partial charge is 0.504 e. The van der Waals surface area contributed by atoms with Crippen LogP contribution in [0.1, 0.15) is 18.4 Å². The van der Waals surface area contributed by atoms with Crippen molar-refractivity contribution in [3.05, 3.63) is 70.7 Å². The van der Waals surface area contributed by atoms with Gasteiger partial charge in [0.15, 0.2) is 17.0 Å². The molecule has 1 saturated carbocycles. The predicted molar refractivity (Wildman–Crippen MR) is 114 cm³/mol. The van der Waals surface area contributed by atoms with Crippen molar-refractivity contribution in [3.8, 4) is 0 Å². The van der Waals surface area contributed by atoms with Gasteiger partial charge in [-0.15, -0.1) is 4.58 Å². The number of aliphatic hydroxyl groups excluding tert-OH is 1. The molecule has 10 heteroatoms. The van der Waals surface area contributed by atoms with Gasteiger partial charge in [-0.25, -0.2) is 14.2 Å². The average molecular weight is 451 g/mol. The maximum absolute atomic E-state index is 13.3. The summed E-state index contributed by atoms with van der Waals surface area (Å²) in [6.07, 6.45) is 3.82.